The predicted octanol–water partition coefficient (Wildman–Crippen LogP) is 2.13. The van der Waals surface area contributed by atoms with Gasteiger partial charge < -0.3 is 39.7 Å². The summed E-state index contributed by atoms with van der Waals surface area (Å²) < 4.78 is 16.3. The molecular weight excluding hydrogens is 456 g/mol. The molecule has 1 aliphatic heterocycles. The van der Waals surface area contributed by atoms with Crippen LogP contribution in [0.15, 0.2) is 66.8 Å². The first-order valence-corrected chi connectivity index (χ1v) is 10.9. The zero-order valence-corrected chi connectivity index (χ0v) is 19.0. The van der Waals surface area contributed by atoms with E-state index in [4.69, 9.17) is 14.2 Å². The smallest absolute Gasteiger partial charge is 0.330 e. The quantitative estimate of drug-likeness (QED) is 0.165. The summed E-state index contributed by atoms with van der Waals surface area (Å²) in [6, 6.07) is 10.9. The van der Waals surface area contributed by atoms with Crippen LogP contribution in [0.3, 0.4) is 0 Å². The number of carbonyl (C=O) groups is 1. The lowest BCUT2D eigenvalue weighted by atomic mass is 9.99. The summed E-state index contributed by atoms with van der Waals surface area (Å²) in [5.74, 6) is -0.507. The second-order valence-electron chi connectivity index (χ2n) is 7.83. The van der Waals surface area contributed by atoms with Crippen molar-refractivity contribution in [2.24, 2.45) is 0 Å². The molecule has 0 bridgehead atoms. The van der Waals surface area contributed by atoms with Gasteiger partial charge in [0.2, 0.25) is 6.29 Å². The second-order valence-corrected chi connectivity index (χ2v) is 7.83. The van der Waals surface area contributed by atoms with Gasteiger partial charge in [0.15, 0.2) is 0 Å². The Bertz CT molecular complexity index is 1070. The molecule has 2 aromatic rings. The minimum Gasteiger partial charge on any atom is -0.508 e. The third-order valence-corrected chi connectivity index (χ3v) is 5.12. The molecule has 0 amide bonds. The predicted molar refractivity (Wildman–Crippen MR) is 127 cm³/mol. The lowest BCUT2D eigenvalue weighted by Gasteiger charge is -2.39. The Kier molecular flexibility index (Phi) is 9.04. The number of esters is 1. The zero-order valence-electron chi connectivity index (χ0n) is 19.0. The van der Waals surface area contributed by atoms with Crippen molar-refractivity contribution in [3.8, 4) is 17.2 Å². The molecule has 2 aromatic carbocycles. The van der Waals surface area contributed by atoms with Gasteiger partial charge in [-0.05, 0) is 42.3 Å². The molecule has 0 radical (unpaired) electrons. The fourth-order valence-corrected chi connectivity index (χ4v) is 3.29. The summed E-state index contributed by atoms with van der Waals surface area (Å²) in [7, 11) is 0. The van der Waals surface area contributed by atoms with E-state index in [9.17, 15) is 30.3 Å². The van der Waals surface area contributed by atoms with Crippen molar-refractivity contribution in [2.75, 3.05) is 6.61 Å². The van der Waals surface area contributed by atoms with Crippen LogP contribution in [0, 0.1) is 0 Å². The molecular formula is C26H28O9. The van der Waals surface area contributed by atoms with Crippen LogP contribution >= 0.6 is 0 Å². The lowest BCUT2D eigenvalue weighted by molar-refractivity contribution is -0.278. The Balaban J connectivity index is 1.69. The molecule has 35 heavy (non-hydrogen) atoms. The second kappa shape index (κ2) is 12.2. The number of rotatable bonds is 8. The number of carbonyl (C=O) groups excluding carboxylic acids is 1. The molecule has 1 aliphatic rings. The number of aliphatic hydroxyl groups is 3. The first-order valence-electron chi connectivity index (χ1n) is 10.9. The SMILES string of the molecule is C/C=C/C=C/C(=O)OC[C@H]1O[C@@H](Oc2cc(O)cc(/C=C/c3ccc(O)cc3)c2)[C@H](O)[C@@H](O)[C@@H]1O. The highest BCUT2D eigenvalue weighted by atomic mass is 16.7. The van der Waals surface area contributed by atoms with Gasteiger partial charge in [0, 0.05) is 12.1 Å². The molecule has 3 rings (SSSR count). The van der Waals surface area contributed by atoms with Crippen LogP contribution in [0.2, 0.25) is 0 Å². The Morgan fingerprint density at radius 1 is 0.914 bits per heavy atom. The van der Waals surface area contributed by atoms with E-state index in [0.29, 0.717) is 5.56 Å². The van der Waals surface area contributed by atoms with E-state index in [-0.39, 0.29) is 23.9 Å². The molecule has 5 N–H and O–H groups in total. The monoisotopic (exact) mass is 484 g/mol. The standard InChI is InChI=1S/C26H28O9/c1-2-3-4-5-22(29)33-15-21-23(30)24(31)25(32)26(35-21)34-20-13-17(12-19(28)14-20)7-6-16-8-10-18(27)11-9-16/h2-14,21,23-28,30-32H,15H2,1H3/b3-2+,5-4+,7-6+/t21-,23-,24+,25-,26-/m1/s1. The number of benzene rings is 2. The van der Waals surface area contributed by atoms with E-state index >= 15 is 0 Å². The highest BCUT2D eigenvalue weighted by Crippen LogP contribution is 2.28. The molecule has 0 saturated carbocycles. The summed E-state index contributed by atoms with van der Waals surface area (Å²) in [6.45, 7) is 1.40. The van der Waals surface area contributed by atoms with Gasteiger partial charge in [-0.1, -0.05) is 42.5 Å². The van der Waals surface area contributed by atoms with Crippen molar-refractivity contribution in [1.82, 2.24) is 0 Å². The summed E-state index contributed by atoms with van der Waals surface area (Å²) in [4.78, 5) is 11.8. The maximum absolute atomic E-state index is 11.8. The summed E-state index contributed by atoms with van der Waals surface area (Å²) in [5, 5.41) is 50.3. The molecule has 0 aliphatic carbocycles. The minimum atomic E-state index is -1.62. The Morgan fingerprint density at radius 3 is 2.34 bits per heavy atom. The van der Waals surface area contributed by atoms with Gasteiger partial charge in [-0.15, -0.1) is 0 Å². The largest absolute Gasteiger partial charge is 0.508 e. The van der Waals surface area contributed by atoms with Gasteiger partial charge in [0.25, 0.3) is 0 Å². The third kappa shape index (κ3) is 7.43. The summed E-state index contributed by atoms with van der Waals surface area (Å²) >= 11 is 0. The molecule has 5 atom stereocenters. The molecule has 0 aromatic heterocycles. The van der Waals surface area contributed by atoms with E-state index in [1.54, 1.807) is 61.6 Å². The van der Waals surface area contributed by atoms with Gasteiger partial charge in [0.05, 0.1) is 0 Å². The van der Waals surface area contributed by atoms with Crippen LogP contribution < -0.4 is 4.74 Å². The van der Waals surface area contributed by atoms with Crippen LogP contribution in [0.25, 0.3) is 12.2 Å². The number of aliphatic hydroxyl groups excluding tert-OH is 3. The molecule has 1 fully saturated rings. The van der Waals surface area contributed by atoms with Crippen LogP contribution in [0.1, 0.15) is 18.1 Å². The fraction of sp³-hybridized carbons (Fsp3) is 0.269. The minimum absolute atomic E-state index is 0.114. The van der Waals surface area contributed by atoms with Gasteiger partial charge >= 0.3 is 5.97 Å². The van der Waals surface area contributed by atoms with E-state index in [1.807, 2.05) is 0 Å². The normalized spacial score (nSPS) is 24.9. The topological polar surface area (TPSA) is 146 Å². The molecule has 1 saturated heterocycles. The van der Waals surface area contributed by atoms with Crippen LogP contribution in [0.5, 0.6) is 17.2 Å². The fourth-order valence-electron chi connectivity index (χ4n) is 3.29. The van der Waals surface area contributed by atoms with Gasteiger partial charge in [0.1, 0.15) is 48.3 Å². The van der Waals surface area contributed by atoms with Gasteiger partial charge in [-0.25, -0.2) is 4.79 Å². The Hall–Kier alpha value is -3.63. The number of ether oxygens (including phenoxy) is 3. The number of allylic oxidation sites excluding steroid dienone is 3. The van der Waals surface area contributed by atoms with Crippen LogP contribution in [-0.2, 0) is 14.3 Å². The van der Waals surface area contributed by atoms with Crippen molar-refractivity contribution in [2.45, 2.75) is 37.6 Å². The highest BCUT2D eigenvalue weighted by Gasteiger charge is 2.45. The molecule has 9 nitrogen and oxygen atoms in total. The average molecular weight is 485 g/mol. The summed E-state index contributed by atoms with van der Waals surface area (Å²) in [5.41, 5.74) is 1.38. The maximum Gasteiger partial charge on any atom is 0.330 e. The molecule has 9 heteroatoms. The van der Waals surface area contributed by atoms with E-state index in [0.717, 1.165) is 5.56 Å². The van der Waals surface area contributed by atoms with Gasteiger partial charge in [-0.3, -0.25) is 0 Å². The number of aromatic hydroxyl groups is 2. The molecule has 186 valence electrons. The maximum atomic E-state index is 11.8. The van der Waals surface area contributed by atoms with E-state index in [1.165, 1.54) is 24.3 Å². The van der Waals surface area contributed by atoms with Crippen LogP contribution in [0.4, 0.5) is 0 Å². The van der Waals surface area contributed by atoms with E-state index in [2.05, 4.69) is 0 Å². The lowest BCUT2D eigenvalue weighted by Crippen LogP contribution is -2.60. The van der Waals surface area contributed by atoms with E-state index < -0.39 is 36.7 Å². The van der Waals surface area contributed by atoms with Crippen molar-refractivity contribution >= 4 is 18.1 Å². The zero-order chi connectivity index (χ0) is 25.4. The Morgan fingerprint density at radius 2 is 1.63 bits per heavy atom. The van der Waals surface area contributed by atoms with Crippen molar-refractivity contribution in [3.05, 3.63) is 77.9 Å². The third-order valence-electron chi connectivity index (χ3n) is 5.12. The molecule has 0 spiro atoms. The first-order chi connectivity index (χ1) is 16.8. The molecule has 1 heterocycles. The van der Waals surface area contributed by atoms with Gasteiger partial charge in [-0.2, -0.15) is 0 Å². The number of hydrogen-bond donors (Lipinski definition) is 5. The number of phenols is 2. The Labute approximate surface area is 202 Å². The van der Waals surface area contributed by atoms with Crippen LogP contribution in [-0.4, -0.2) is 68.8 Å². The van der Waals surface area contributed by atoms with Crippen molar-refractivity contribution in [3.63, 3.8) is 0 Å². The van der Waals surface area contributed by atoms with Crippen molar-refractivity contribution in [1.29, 1.82) is 0 Å². The number of phenolic OH excluding ortho intramolecular Hbond substituents is 2. The molecule has 0 unspecified atom stereocenters. The summed E-state index contributed by atoms with van der Waals surface area (Å²) in [6.07, 6.45) is 2.19. The number of hydrogen-bond acceptors (Lipinski definition) is 9. The highest BCUT2D eigenvalue weighted by molar-refractivity contribution is 5.82. The first kappa shape index (κ1) is 26.0. The average Bonchev–Trinajstić information content (AvgIpc) is 2.83. The van der Waals surface area contributed by atoms with Crippen molar-refractivity contribution < 1.29 is 44.5 Å².